The van der Waals surface area contributed by atoms with Gasteiger partial charge in [0.1, 0.15) is 18.6 Å². The van der Waals surface area contributed by atoms with E-state index in [4.69, 9.17) is 4.74 Å². The van der Waals surface area contributed by atoms with Crippen molar-refractivity contribution in [2.24, 2.45) is 0 Å². The highest BCUT2D eigenvalue weighted by atomic mass is 16.5. The van der Waals surface area contributed by atoms with Crippen molar-refractivity contribution >= 4 is 6.29 Å². The fourth-order valence-corrected chi connectivity index (χ4v) is 2.07. The molecule has 0 aliphatic heterocycles. The lowest BCUT2D eigenvalue weighted by Crippen LogP contribution is -2.32. The largest absolute Gasteiger partial charge is 0.491 e. The van der Waals surface area contributed by atoms with Crippen molar-refractivity contribution in [3.05, 3.63) is 29.8 Å². The molecule has 1 aromatic carbocycles. The molecular weight excluding hydrogens is 204 g/mol. The number of aldehydes is 1. The zero-order valence-electron chi connectivity index (χ0n) is 9.19. The second-order valence-electron chi connectivity index (χ2n) is 4.41. The summed E-state index contributed by atoms with van der Waals surface area (Å²) in [5.41, 5.74) is -0.0760. The molecule has 0 saturated heterocycles. The van der Waals surface area contributed by atoms with Gasteiger partial charge in [-0.05, 0) is 25.0 Å². The summed E-state index contributed by atoms with van der Waals surface area (Å²) in [5.74, 6) is 0.643. The molecule has 2 rings (SSSR count). The summed E-state index contributed by atoms with van der Waals surface area (Å²) in [5, 5.41) is 10.1. The van der Waals surface area contributed by atoms with E-state index in [-0.39, 0.29) is 0 Å². The predicted molar refractivity (Wildman–Crippen MR) is 60.7 cm³/mol. The average Bonchev–Trinajstić information content (AvgIpc) is 2.75. The van der Waals surface area contributed by atoms with E-state index in [0.717, 1.165) is 32.0 Å². The minimum absolute atomic E-state index is 0.315. The van der Waals surface area contributed by atoms with Gasteiger partial charge < -0.3 is 9.84 Å². The Morgan fingerprint density at radius 3 is 2.81 bits per heavy atom. The van der Waals surface area contributed by atoms with Crippen LogP contribution in [0.2, 0.25) is 0 Å². The molecular formula is C13H16O3. The molecule has 1 N–H and O–H groups in total. The fraction of sp³-hybridized carbons (Fsp3) is 0.462. The molecule has 86 valence electrons. The van der Waals surface area contributed by atoms with Crippen LogP contribution in [0.15, 0.2) is 24.3 Å². The Bertz CT molecular complexity index is 367. The maximum atomic E-state index is 10.6. The van der Waals surface area contributed by atoms with E-state index in [2.05, 4.69) is 0 Å². The van der Waals surface area contributed by atoms with Crippen LogP contribution in [0.4, 0.5) is 0 Å². The molecule has 0 heterocycles. The van der Waals surface area contributed by atoms with Crippen molar-refractivity contribution in [3.63, 3.8) is 0 Å². The molecule has 0 amide bonds. The summed E-state index contributed by atoms with van der Waals surface area (Å²) in [6.45, 7) is 0.315. The Kier molecular flexibility index (Phi) is 3.25. The highest BCUT2D eigenvalue weighted by Gasteiger charge is 2.31. The molecule has 3 heteroatoms. The fourth-order valence-electron chi connectivity index (χ4n) is 2.07. The number of carbonyl (C=O) groups excluding carboxylic acids is 1. The number of hydrogen-bond acceptors (Lipinski definition) is 3. The third-order valence-electron chi connectivity index (χ3n) is 3.04. The Balaban J connectivity index is 1.96. The molecule has 0 radical (unpaired) electrons. The first-order valence-electron chi connectivity index (χ1n) is 5.62. The SMILES string of the molecule is O=Cc1cccc(OCC2(O)CCCC2)c1. The van der Waals surface area contributed by atoms with E-state index in [0.29, 0.717) is 17.9 Å². The van der Waals surface area contributed by atoms with Crippen molar-refractivity contribution < 1.29 is 14.6 Å². The Hall–Kier alpha value is -1.35. The molecule has 0 bridgehead atoms. The van der Waals surface area contributed by atoms with Crippen LogP contribution in [0.3, 0.4) is 0 Å². The van der Waals surface area contributed by atoms with Gasteiger partial charge in [-0.1, -0.05) is 25.0 Å². The first-order valence-corrected chi connectivity index (χ1v) is 5.62. The van der Waals surface area contributed by atoms with Gasteiger partial charge in [-0.3, -0.25) is 4.79 Å². The minimum Gasteiger partial charge on any atom is -0.491 e. The topological polar surface area (TPSA) is 46.5 Å². The van der Waals surface area contributed by atoms with Crippen molar-refractivity contribution in [2.75, 3.05) is 6.61 Å². The van der Waals surface area contributed by atoms with Gasteiger partial charge in [0.15, 0.2) is 0 Å². The third kappa shape index (κ3) is 2.61. The van der Waals surface area contributed by atoms with Crippen molar-refractivity contribution in [2.45, 2.75) is 31.3 Å². The second kappa shape index (κ2) is 4.66. The standard InChI is InChI=1S/C13H16O3/c14-9-11-4-3-5-12(8-11)16-10-13(15)6-1-2-7-13/h3-5,8-9,15H,1-2,6-7,10H2. The highest BCUT2D eigenvalue weighted by Crippen LogP contribution is 2.30. The zero-order valence-corrected chi connectivity index (χ0v) is 9.19. The summed E-state index contributed by atoms with van der Waals surface area (Å²) in [4.78, 5) is 10.6. The molecule has 1 aliphatic carbocycles. The molecule has 3 nitrogen and oxygen atoms in total. The summed E-state index contributed by atoms with van der Waals surface area (Å²) >= 11 is 0. The number of hydrogen-bond donors (Lipinski definition) is 1. The number of aliphatic hydroxyl groups is 1. The van der Waals surface area contributed by atoms with Crippen molar-refractivity contribution in [1.29, 1.82) is 0 Å². The normalized spacial score (nSPS) is 18.3. The summed E-state index contributed by atoms with van der Waals surface area (Å²) in [7, 11) is 0. The quantitative estimate of drug-likeness (QED) is 0.791. The molecule has 1 aliphatic rings. The van der Waals surface area contributed by atoms with E-state index in [9.17, 15) is 9.90 Å². The van der Waals surface area contributed by atoms with Crippen LogP contribution >= 0.6 is 0 Å². The Morgan fingerprint density at radius 2 is 2.12 bits per heavy atom. The van der Waals surface area contributed by atoms with Gasteiger partial charge >= 0.3 is 0 Å². The van der Waals surface area contributed by atoms with Crippen LogP contribution in [0, 0.1) is 0 Å². The second-order valence-corrected chi connectivity index (χ2v) is 4.41. The van der Waals surface area contributed by atoms with Gasteiger partial charge in [-0.15, -0.1) is 0 Å². The molecule has 1 saturated carbocycles. The molecule has 0 unspecified atom stereocenters. The first-order chi connectivity index (χ1) is 7.72. The molecule has 0 atom stereocenters. The predicted octanol–water partition coefficient (Wildman–Crippen LogP) is 2.18. The van der Waals surface area contributed by atoms with Crippen LogP contribution in [0.1, 0.15) is 36.0 Å². The maximum Gasteiger partial charge on any atom is 0.150 e. The molecule has 16 heavy (non-hydrogen) atoms. The van der Waals surface area contributed by atoms with Gasteiger partial charge in [0.05, 0.1) is 5.60 Å². The smallest absolute Gasteiger partial charge is 0.150 e. The van der Waals surface area contributed by atoms with Crippen molar-refractivity contribution in [3.8, 4) is 5.75 Å². The van der Waals surface area contributed by atoms with E-state index < -0.39 is 5.60 Å². The van der Waals surface area contributed by atoms with Crippen LogP contribution < -0.4 is 4.74 Å². The lowest BCUT2D eigenvalue weighted by Gasteiger charge is -2.22. The van der Waals surface area contributed by atoms with E-state index in [1.165, 1.54) is 0 Å². The number of carbonyl (C=O) groups is 1. The monoisotopic (exact) mass is 220 g/mol. The van der Waals surface area contributed by atoms with Crippen LogP contribution in [0.25, 0.3) is 0 Å². The number of rotatable bonds is 4. The van der Waals surface area contributed by atoms with Crippen LogP contribution in [-0.2, 0) is 0 Å². The molecule has 1 aromatic rings. The Labute approximate surface area is 95.0 Å². The van der Waals surface area contributed by atoms with E-state index in [1.54, 1.807) is 24.3 Å². The summed E-state index contributed by atoms with van der Waals surface area (Å²) < 4.78 is 5.53. The van der Waals surface area contributed by atoms with Crippen LogP contribution in [-0.4, -0.2) is 23.6 Å². The summed E-state index contributed by atoms with van der Waals surface area (Å²) in [6, 6.07) is 6.98. The zero-order chi connectivity index (χ0) is 11.4. The maximum absolute atomic E-state index is 10.6. The third-order valence-corrected chi connectivity index (χ3v) is 3.04. The molecule has 0 aromatic heterocycles. The van der Waals surface area contributed by atoms with Crippen molar-refractivity contribution in [1.82, 2.24) is 0 Å². The van der Waals surface area contributed by atoms with Gasteiger partial charge in [0.2, 0.25) is 0 Å². The highest BCUT2D eigenvalue weighted by molar-refractivity contribution is 5.75. The number of benzene rings is 1. The first kappa shape index (κ1) is 11.1. The molecule has 0 spiro atoms. The van der Waals surface area contributed by atoms with Gasteiger partial charge in [0.25, 0.3) is 0 Å². The molecule has 1 fully saturated rings. The van der Waals surface area contributed by atoms with Gasteiger partial charge in [-0.25, -0.2) is 0 Å². The van der Waals surface area contributed by atoms with E-state index in [1.807, 2.05) is 0 Å². The lowest BCUT2D eigenvalue weighted by molar-refractivity contribution is 0.00140. The van der Waals surface area contributed by atoms with Gasteiger partial charge in [0, 0.05) is 5.56 Å². The van der Waals surface area contributed by atoms with E-state index >= 15 is 0 Å². The average molecular weight is 220 g/mol. The van der Waals surface area contributed by atoms with Gasteiger partial charge in [-0.2, -0.15) is 0 Å². The summed E-state index contributed by atoms with van der Waals surface area (Å²) in [6.07, 6.45) is 4.53. The van der Waals surface area contributed by atoms with Crippen LogP contribution in [0.5, 0.6) is 5.75 Å². The lowest BCUT2D eigenvalue weighted by atomic mass is 10.0. The number of ether oxygens (including phenoxy) is 1. The Morgan fingerprint density at radius 1 is 1.38 bits per heavy atom. The minimum atomic E-state index is -0.669.